The van der Waals surface area contributed by atoms with Gasteiger partial charge in [-0.25, -0.2) is 0 Å². The molecule has 0 spiro atoms. The molecule has 31 heavy (non-hydrogen) atoms. The first-order valence-corrected chi connectivity index (χ1v) is 10.6. The lowest BCUT2D eigenvalue weighted by molar-refractivity contribution is -0.132. The van der Waals surface area contributed by atoms with E-state index in [0.29, 0.717) is 28.5 Å². The standard InChI is InChI=1S/C24H29N3O4/c1-17-6-5-15-27(16-17)22(28)13-14-25-24(30)20-7-3-4-8-21(20)26-23(29)18-9-11-19(31-2)12-10-18/h3-4,7-12,17H,5-6,13-16H2,1-2H3,(H,25,30)(H,26,29). The highest BCUT2D eigenvalue weighted by Crippen LogP contribution is 2.18. The van der Waals surface area contributed by atoms with Crippen molar-refractivity contribution in [3.63, 3.8) is 0 Å². The third-order valence-corrected chi connectivity index (χ3v) is 5.41. The molecule has 1 aliphatic rings. The molecule has 2 N–H and O–H groups in total. The maximum Gasteiger partial charge on any atom is 0.255 e. The fraction of sp³-hybridized carbons (Fsp3) is 0.375. The quantitative estimate of drug-likeness (QED) is 0.715. The molecule has 0 saturated carbocycles. The molecule has 2 aromatic carbocycles. The fourth-order valence-corrected chi connectivity index (χ4v) is 3.68. The van der Waals surface area contributed by atoms with Gasteiger partial charge in [-0.15, -0.1) is 0 Å². The summed E-state index contributed by atoms with van der Waals surface area (Å²) in [5.41, 5.74) is 1.22. The normalized spacial score (nSPS) is 15.8. The van der Waals surface area contributed by atoms with E-state index in [0.717, 1.165) is 25.9 Å². The minimum absolute atomic E-state index is 0.0629. The number of likely N-dealkylation sites (tertiary alicyclic amines) is 1. The molecule has 2 aromatic rings. The Morgan fingerprint density at radius 3 is 2.52 bits per heavy atom. The molecule has 3 rings (SSSR count). The van der Waals surface area contributed by atoms with Gasteiger partial charge in [-0.3, -0.25) is 14.4 Å². The molecular weight excluding hydrogens is 394 g/mol. The molecular formula is C24H29N3O4. The predicted molar refractivity (Wildman–Crippen MR) is 119 cm³/mol. The van der Waals surface area contributed by atoms with Crippen molar-refractivity contribution >= 4 is 23.4 Å². The van der Waals surface area contributed by atoms with Crippen molar-refractivity contribution in [3.8, 4) is 5.75 Å². The highest BCUT2D eigenvalue weighted by Gasteiger charge is 2.21. The number of carbonyl (C=O) groups excluding carboxylic acids is 3. The van der Waals surface area contributed by atoms with E-state index in [1.54, 1.807) is 55.6 Å². The number of para-hydroxylation sites is 1. The van der Waals surface area contributed by atoms with E-state index in [1.807, 2.05) is 4.90 Å². The van der Waals surface area contributed by atoms with Crippen LogP contribution < -0.4 is 15.4 Å². The molecule has 0 bridgehead atoms. The number of benzene rings is 2. The number of amides is 3. The van der Waals surface area contributed by atoms with E-state index in [4.69, 9.17) is 4.74 Å². The summed E-state index contributed by atoms with van der Waals surface area (Å²) in [4.78, 5) is 39.5. The first-order chi connectivity index (χ1) is 15.0. The van der Waals surface area contributed by atoms with Crippen LogP contribution in [0.4, 0.5) is 5.69 Å². The first-order valence-electron chi connectivity index (χ1n) is 10.6. The predicted octanol–water partition coefficient (Wildman–Crippen LogP) is 3.33. The summed E-state index contributed by atoms with van der Waals surface area (Å²) >= 11 is 0. The number of carbonyl (C=O) groups is 3. The van der Waals surface area contributed by atoms with Crippen molar-refractivity contribution in [2.45, 2.75) is 26.2 Å². The summed E-state index contributed by atoms with van der Waals surface area (Å²) in [6, 6.07) is 13.5. The molecule has 164 valence electrons. The van der Waals surface area contributed by atoms with Crippen LogP contribution in [0, 0.1) is 5.92 Å². The van der Waals surface area contributed by atoms with Crippen molar-refractivity contribution < 1.29 is 19.1 Å². The third-order valence-electron chi connectivity index (χ3n) is 5.41. The Kier molecular flexibility index (Phi) is 7.65. The molecule has 0 radical (unpaired) electrons. The molecule has 3 amide bonds. The smallest absolute Gasteiger partial charge is 0.255 e. The van der Waals surface area contributed by atoms with E-state index in [1.165, 1.54) is 0 Å². The number of piperidine rings is 1. The van der Waals surface area contributed by atoms with Crippen LogP contribution in [0.3, 0.4) is 0 Å². The van der Waals surface area contributed by atoms with Crippen LogP contribution in [-0.2, 0) is 4.79 Å². The van der Waals surface area contributed by atoms with Crippen LogP contribution in [0.25, 0.3) is 0 Å². The lowest BCUT2D eigenvalue weighted by Crippen LogP contribution is -2.40. The second-order valence-electron chi connectivity index (χ2n) is 7.82. The Balaban J connectivity index is 1.56. The first kappa shape index (κ1) is 22.3. The van der Waals surface area contributed by atoms with E-state index < -0.39 is 0 Å². The monoisotopic (exact) mass is 423 g/mol. The van der Waals surface area contributed by atoms with Gasteiger partial charge in [0.15, 0.2) is 0 Å². The second-order valence-corrected chi connectivity index (χ2v) is 7.82. The van der Waals surface area contributed by atoms with E-state index in [2.05, 4.69) is 17.6 Å². The lowest BCUT2D eigenvalue weighted by Gasteiger charge is -2.31. The molecule has 1 heterocycles. The molecule has 1 unspecified atom stereocenters. The van der Waals surface area contributed by atoms with Crippen LogP contribution in [0.1, 0.15) is 46.9 Å². The summed E-state index contributed by atoms with van der Waals surface area (Å²) in [5.74, 6) is 0.592. The summed E-state index contributed by atoms with van der Waals surface area (Å²) in [7, 11) is 1.56. The minimum Gasteiger partial charge on any atom is -0.497 e. The van der Waals surface area contributed by atoms with Crippen molar-refractivity contribution in [1.29, 1.82) is 0 Å². The van der Waals surface area contributed by atoms with Crippen LogP contribution >= 0.6 is 0 Å². The maximum atomic E-state index is 12.7. The zero-order valence-electron chi connectivity index (χ0n) is 18.0. The molecule has 1 aliphatic heterocycles. The average molecular weight is 424 g/mol. The molecule has 1 saturated heterocycles. The van der Waals surface area contributed by atoms with Gasteiger partial charge in [0.05, 0.1) is 18.4 Å². The van der Waals surface area contributed by atoms with E-state index >= 15 is 0 Å². The number of anilines is 1. The molecule has 0 aliphatic carbocycles. The zero-order valence-corrected chi connectivity index (χ0v) is 18.0. The Hall–Kier alpha value is -3.35. The van der Waals surface area contributed by atoms with Crippen LogP contribution in [0.5, 0.6) is 5.75 Å². The lowest BCUT2D eigenvalue weighted by atomic mass is 10.00. The molecule has 7 nitrogen and oxygen atoms in total. The van der Waals surface area contributed by atoms with Gasteiger partial charge in [-0.1, -0.05) is 19.1 Å². The number of methoxy groups -OCH3 is 1. The van der Waals surface area contributed by atoms with Gasteiger partial charge >= 0.3 is 0 Å². The van der Waals surface area contributed by atoms with Gasteiger partial charge in [0.2, 0.25) is 5.91 Å². The summed E-state index contributed by atoms with van der Waals surface area (Å²) in [6.07, 6.45) is 2.44. The fourth-order valence-electron chi connectivity index (χ4n) is 3.68. The van der Waals surface area contributed by atoms with Gasteiger partial charge in [-0.2, -0.15) is 0 Å². The van der Waals surface area contributed by atoms with Crippen molar-refractivity contribution in [3.05, 3.63) is 59.7 Å². The molecule has 0 aromatic heterocycles. The summed E-state index contributed by atoms with van der Waals surface area (Å²) < 4.78 is 5.10. The average Bonchev–Trinajstić information content (AvgIpc) is 2.79. The van der Waals surface area contributed by atoms with Crippen molar-refractivity contribution in [1.82, 2.24) is 10.2 Å². The van der Waals surface area contributed by atoms with Gasteiger partial charge in [0.1, 0.15) is 5.75 Å². The Morgan fingerprint density at radius 2 is 1.81 bits per heavy atom. The van der Waals surface area contributed by atoms with Crippen LogP contribution in [0.2, 0.25) is 0 Å². The second kappa shape index (κ2) is 10.6. The Bertz CT molecular complexity index is 927. The highest BCUT2D eigenvalue weighted by molar-refractivity contribution is 6.09. The number of hydrogen-bond donors (Lipinski definition) is 2. The SMILES string of the molecule is COc1ccc(C(=O)Nc2ccccc2C(=O)NCCC(=O)N2CCCC(C)C2)cc1. The van der Waals surface area contributed by atoms with Crippen molar-refractivity contribution in [2.75, 3.05) is 32.1 Å². The van der Waals surface area contributed by atoms with Gasteiger partial charge in [0, 0.05) is 31.6 Å². The zero-order chi connectivity index (χ0) is 22.2. The Morgan fingerprint density at radius 1 is 1.06 bits per heavy atom. The maximum absolute atomic E-state index is 12.7. The van der Waals surface area contributed by atoms with E-state index in [9.17, 15) is 14.4 Å². The topological polar surface area (TPSA) is 87.7 Å². The summed E-state index contributed by atoms with van der Waals surface area (Å²) in [6.45, 7) is 3.98. The Labute approximate surface area is 182 Å². The summed E-state index contributed by atoms with van der Waals surface area (Å²) in [5, 5.41) is 5.58. The molecule has 7 heteroatoms. The highest BCUT2D eigenvalue weighted by atomic mass is 16.5. The number of ether oxygens (including phenoxy) is 1. The molecule has 1 atom stereocenters. The van der Waals surface area contributed by atoms with E-state index in [-0.39, 0.29) is 30.7 Å². The number of nitrogens with one attached hydrogen (secondary N) is 2. The molecule has 1 fully saturated rings. The van der Waals surface area contributed by atoms with Crippen LogP contribution in [-0.4, -0.2) is 49.4 Å². The van der Waals surface area contributed by atoms with Gasteiger partial charge < -0.3 is 20.3 Å². The number of rotatable bonds is 7. The number of hydrogen-bond acceptors (Lipinski definition) is 4. The largest absolute Gasteiger partial charge is 0.497 e. The number of nitrogens with zero attached hydrogens (tertiary/aromatic N) is 1. The van der Waals surface area contributed by atoms with Crippen LogP contribution in [0.15, 0.2) is 48.5 Å². The van der Waals surface area contributed by atoms with Crippen molar-refractivity contribution in [2.24, 2.45) is 5.92 Å². The minimum atomic E-state index is -0.328. The third kappa shape index (κ3) is 6.07. The van der Waals surface area contributed by atoms with Gasteiger partial charge in [-0.05, 0) is 55.2 Å². The van der Waals surface area contributed by atoms with Gasteiger partial charge in [0.25, 0.3) is 11.8 Å².